The van der Waals surface area contributed by atoms with Crippen molar-refractivity contribution in [3.05, 3.63) is 46.7 Å². The van der Waals surface area contributed by atoms with Crippen LogP contribution in [-0.2, 0) is 0 Å². The van der Waals surface area contributed by atoms with Crippen LogP contribution in [0.1, 0.15) is 23.4 Å². The van der Waals surface area contributed by atoms with Gasteiger partial charge in [-0.15, -0.1) is 11.6 Å². The van der Waals surface area contributed by atoms with Crippen LogP contribution in [0, 0.1) is 6.92 Å². The Balaban J connectivity index is 2.78. The number of pyridine rings is 1. The van der Waals surface area contributed by atoms with Gasteiger partial charge in [-0.2, -0.15) is 0 Å². The van der Waals surface area contributed by atoms with Crippen LogP contribution in [0.3, 0.4) is 0 Å². The van der Waals surface area contributed by atoms with Crippen molar-refractivity contribution < 1.29 is 4.74 Å². The zero-order valence-electron chi connectivity index (χ0n) is 11.1. The summed E-state index contributed by atoms with van der Waals surface area (Å²) < 4.78 is 5.56. The van der Waals surface area contributed by atoms with Crippen LogP contribution in [0.25, 0.3) is 11.1 Å². The van der Waals surface area contributed by atoms with Gasteiger partial charge in [0.05, 0.1) is 12.5 Å². The molecule has 0 saturated carbocycles. The summed E-state index contributed by atoms with van der Waals surface area (Å²) in [6.45, 7) is 3.87. The summed E-state index contributed by atoms with van der Waals surface area (Å²) in [5.74, 6) is 0.761. The quantitative estimate of drug-likeness (QED) is 0.742. The van der Waals surface area contributed by atoms with E-state index in [-0.39, 0.29) is 5.38 Å². The van der Waals surface area contributed by atoms with Gasteiger partial charge in [-0.05, 0) is 31.5 Å². The molecule has 0 N–H and O–H groups in total. The monoisotopic (exact) mass is 295 g/mol. The molecule has 0 aliphatic carbocycles. The number of hydrogen-bond acceptors (Lipinski definition) is 2. The number of methoxy groups -OCH3 is 1. The minimum Gasteiger partial charge on any atom is -0.496 e. The minimum absolute atomic E-state index is 0.177. The van der Waals surface area contributed by atoms with E-state index in [1.807, 2.05) is 32.0 Å². The molecule has 2 rings (SSSR count). The van der Waals surface area contributed by atoms with Gasteiger partial charge in [0, 0.05) is 34.1 Å². The lowest BCUT2D eigenvalue weighted by Crippen LogP contribution is -1.99. The molecule has 0 spiro atoms. The summed E-state index contributed by atoms with van der Waals surface area (Å²) in [6, 6.07) is 5.74. The second-order valence-corrected chi connectivity index (χ2v) is 5.40. The maximum absolute atomic E-state index is 6.31. The summed E-state index contributed by atoms with van der Waals surface area (Å²) in [4.78, 5) is 4.15. The van der Waals surface area contributed by atoms with E-state index < -0.39 is 0 Å². The van der Waals surface area contributed by atoms with E-state index in [1.54, 1.807) is 19.5 Å². The molecule has 100 valence electrons. The summed E-state index contributed by atoms with van der Waals surface area (Å²) in [5.41, 5.74) is 3.77. The second kappa shape index (κ2) is 5.81. The minimum atomic E-state index is -0.177. The van der Waals surface area contributed by atoms with Crippen molar-refractivity contribution in [3.63, 3.8) is 0 Å². The van der Waals surface area contributed by atoms with Gasteiger partial charge in [0.1, 0.15) is 5.75 Å². The van der Waals surface area contributed by atoms with Crippen molar-refractivity contribution in [1.82, 2.24) is 4.98 Å². The van der Waals surface area contributed by atoms with E-state index in [9.17, 15) is 0 Å². The molecule has 1 aromatic carbocycles. The van der Waals surface area contributed by atoms with Crippen LogP contribution < -0.4 is 4.74 Å². The predicted molar refractivity (Wildman–Crippen MR) is 80.2 cm³/mol. The van der Waals surface area contributed by atoms with Crippen molar-refractivity contribution in [3.8, 4) is 16.9 Å². The van der Waals surface area contributed by atoms with Crippen LogP contribution >= 0.6 is 23.2 Å². The molecule has 0 aliphatic rings. The lowest BCUT2D eigenvalue weighted by Gasteiger charge is -2.18. The van der Waals surface area contributed by atoms with Crippen LogP contribution in [0.4, 0.5) is 0 Å². The standard InChI is InChI=1S/C15H15Cl2NO/c1-9-13(17)7-12(10(2)16)15(19-3)14(9)11-5-4-6-18-8-11/h4-8,10H,1-3H3. The van der Waals surface area contributed by atoms with Crippen molar-refractivity contribution in [2.75, 3.05) is 7.11 Å². The van der Waals surface area contributed by atoms with Crippen molar-refractivity contribution in [2.45, 2.75) is 19.2 Å². The third-order valence-electron chi connectivity index (χ3n) is 3.09. The van der Waals surface area contributed by atoms with E-state index in [0.717, 1.165) is 28.0 Å². The number of nitrogens with zero attached hydrogens (tertiary/aromatic N) is 1. The van der Waals surface area contributed by atoms with Crippen LogP contribution in [-0.4, -0.2) is 12.1 Å². The average Bonchev–Trinajstić information content (AvgIpc) is 2.41. The predicted octanol–water partition coefficient (Wildman–Crippen LogP) is 5.02. The van der Waals surface area contributed by atoms with Crippen molar-refractivity contribution >= 4 is 23.2 Å². The van der Waals surface area contributed by atoms with E-state index >= 15 is 0 Å². The SMILES string of the molecule is COc1c(C(C)Cl)cc(Cl)c(C)c1-c1cccnc1. The van der Waals surface area contributed by atoms with E-state index in [4.69, 9.17) is 27.9 Å². The molecule has 19 heavy (non-hydrogen) atoms. The first-order chi connectivity index (χ1) is 9.06. The zero-order chi connectivity index (χ0) is 14.0. The highest BCUT2D eigenvalue weighted by Gasteiger charge is 2.19. The molecular weight excluding hydrogens is 281 g/mol. The number of hydrogen-bond donors (Lipinski definition) is 0. The maximum Gasteiger partial charge on any atom is 0.131 e. The average molecular weight is 296 g/mol. The Kier molecular flexibility index (Phi) is 4.33. The van der Waals surface area contributed by atoms with Crippen LogP contribution in [0.5, 0.6) is 5.75 Å². The first-order valence-electron chi connectivity index (χ1n) is 5.97. The van der Waals surface area contributed by atoms with Crippen LogP contribution in [0.2, 0.25) is 5.02 Å². The largest absolute Gasteiger partial charge is 0.496 e. The summed E-state index contributed by atoms with van der Waals surface area (Å²) >= 11 is 12.5. The van der Waals surface area contributed by atoms with E-state index in [1.165, 1.54) is 0 Å². The lowest BCUT2D eigenvalue weighted by atomic mass is 9.96. The number of rotatable bonds is 3. The van der Waals surface area contributed by atoms with Gasteiger partial charge in [-0.1, -0.05) is 17.7 Å². The van der Waals surface area contributed by atoms with Gasteiger partial charge in [0.25, 0.3) is 0 Å². The number of aromatic nitrogens is 1. The van der Waals surface area contributed by atoms with Gasteiger partial charge >= 0.3 is 0 Å². The third kappa shape index (κ3) is 2.70. The Morgan fingerprint density at radius 3 is 2.63 bits per heavy atom. The fourth-order valence-electron chi connectivity index (χ4n) is 2.12. The number of ether oxygens (including phenoxy) is 1. The van der Waals surface area contributed by atoms with E-state index in [0.29, 0.717) is 5.02 Å². The lowest BCUT2D eigenvalue weighted by molar-refractivity contribution is 0.411. The Hall–Kier alpha value is -1.25. The molecule has 2 aromatic rings. The summed E-state index contributed by atoms with van der Waals surface area (Å²) in [6.07, 6.45) is 3.53. The molecule has 0 radical (unpaired) electrons. The Labute approximate surface area is 123 Å². The van der Waals surface area contributed by atoms with Gasteiger partial charge < -0.3 is 4.74 Å². The summed E-state index contributed by atoms with van der Waals surface area (Å²) in [5, 5.41) is 0.505. The first-order valence-corrected chi connectivity index (χ1v) is 6.79. The Morgan fingerprint density at radius 2 is 2.11 bits per heavy atom. The summed E-state index contributed by atoms with van der Waals surface area (Å²) in [7, 11) is 1.64. The molecule has 1 atom stereocenters. The normalized spacial score (nSPS) is 12.3. The van der Waals surface area contributed by atoms with Gasteiger partial charge in [0.15, 0.2) is 0 Å². The second-order valence-electron chi connectivity index (χ2n) is 4.34. The smallest absolute Gasteiger partial charge is 0.131 e. The van der Waals surface area contributed by atoms with Crippen molar-refractivity contribution in [2.24, 2.45) is 0 Å². The highest BCUT2D eigenvalue weighted by molar-refractivity contribution is 6.32. The van der Waals surface area contributed by atoms with Crippen molar-refractivity contribution in [1.29, 1.82) is 0 Å². The fraction of sp³-hybridized carbons (Fsp3) is 0.267. The Morgan fingerprint density at radius 1 is 1.37 bits per heavy atom. The van der Waals surface area contributed by atoms with Gasteiger partial charge in [-0.25, -0.2) is 0 Å². The molecule has 0 bridgehead atoms. The third-order valence-corrected chi connectivity index (χ3v) is 3.72. The molecule has 1 unspecified atom stereocenters. The highest BCUT2D eigenvalue weighted by Crippen LogP contribution is 2.43. The maximum atomic E-state index is 6.31. The molecular formula is C15H15Cl2NO. The molecule has 0 saturated heterocycles. The highest BCUT2D eigenvalue weighted by atomic mass is 35.5. The van der Waals surface area contributed by atoms with Gasteiger partial charge in [-0.3, -0.25) is 4.98 Å². The van der Waals surface area contributed by atoms with Gasteiger partial charge in [0.2, 0.25) is 0 Å². The Bertz CT molecular complexity index is 582. The molecule has 0 amide bonds. The topological polar surface area (TPSA) is 22.1 Å². The number of halogens is 2. The molecule has 0 aliphatic heterocycles. The first kappa shape index (κ1) is 14.2. The van der Waals surface area contributed by atoms with Crippen LogP contribution in [0.15, 0.2) is 30.6 Å². The molecule has 0 fully saturated rings. The number of alkyl halides is 1. The zero-order valence-corrected chi connectivity index (χ0v) is 12.6. The fourth-order valence-corrected chi connectivity index (χ4v) is 2.49. The molecule has 1 aromatic heterocycles. The molecule has 4 heteroatoms. The number of benzene rings is 1. The van der Waals surface area contributed by atoms with E-state index in [2.05, 4.69) is 4.98 Å². The molecule has 2 nitrogen and oxygen atoms in total. The molecule has 1 heterocycles.